The largest absolute Gasteiger partial charge is 0.383 e. The first-order valence-corrected chi connectivity index (χ1v) is 11.3. The van der Waals surface area contributed by atoms with Gasteiger partial charge in [-0.2, -0.15) is 5.10 Å². The van der Waals surface area contributed by atoms with E-state index < -0.39 is 17.2 Å². The highest BCUT2D eigenvalue weighted by Gasteiger charge is 2.31. The van der Waals surface area contributed by atoms with Crippen molar-refractivity contribution in [2.45, 2.75) is 32.7 Å². The molecule has 2 aromatic carbocycles. The summed E-state index contributed by atoms with van der Waals surface area (Å²) in [7, 11) is 0. The van der Waals surface area contributed by atoms with Crippen molar-refractivity contribution >= 4 is 34.7 Å². The Balaban J connectivity index is 1.75. The first-order valence-electron chi connectivity index (χ1n) is 11.3. The van der Waals surface area contributed by atoms with Crippen LogP contribution in [0.25, 0.3) is 0 Å². The molecule has 0 unspecified atom stereocenters. The average Bonchev–Trinajstić information content (AvgIpc) is 2.87. The number of hydrogen-bond acceptors (Lipinski definition) is 6. The lowest BCUT2D eigenvalue weighted by atomic mass is 10.1. The Morgan fingerprint density at radius 2 is 1.69 bits per heavy atom. The van der Waals surface area contributed by atoms with Crippen molar-refractivity contribution in [1.29, 1.82) is 0 Å². The molecular weight excluding hydrogens is 448 g/mol. The minimum Gasteiger partial charge on any atom is -0.383 e. The van der Waals surface area contributed by atoms with Gasteiger partial charge < -0.3 is 5.73 Å². The highest BCUT2D eigenvalue weighted by molar-refractivity contribution is 6.45. The SMILES string of the molecule is CCCN(C(=O)C1=NN(c2ccccc2)C(=O)CC1)c1c(N)n(Cc2ccccc2)c(=O)[nH]c1=O. The molecule has 0 bridgehead atoms. The number of para-hydroxylation sites is 1. The van der Waals surface area contributed by atoms with Crippen LogP contribution in [-0.2, 0) is 16.1 Å². The van der Waals surface area contributed by atoms with Crippen molar-refractivity contribution in [2.75, 3.05) is 22.2 Å². The van der Waals surface area contributed by atoms with E-state index in [4.69, 9.17) is 5.73 Å². The van der Waals surface area contributed by atoms with Gasteiger partial charge in [0.15, 0.2) is 5.69 Å². The molecule has 2 amide bonds. The molecule has 0 radical (unpaired) electrons. The van der Waals surface area contributed by atoms with Crippen molar-refractivity contribution in [3.05, 3.63) is 87.1 Å². The van der Waals surface area contributed by atoms with E-state index in [0.29, 0.717) is 12.1 Å². The lowest BCUT2D eigenvalue weighted by Crippen LogP contribution is -2.46. The van der Waals surface area contributed by atoms with E-state index in [1.807, 2.05) is 43.3 Å². The number of carbonyl (C=O) groups excluding carboxylic acids is 2. The van der Waals surface area contributed by atoms with E-state index in [1.165, 1.54) is 14.5 Å². The van der Waals surface area contributed by atoms with Crippen LogP contribution in [0, 0.1) is 0 Å². The highest BCUT2D eigenvalue weighted by atomic mass is 16.2. The quantitative estimate of drug-likeness (QED) is 0.541. The van der Waals surface area contributed by atoms with Crippen LogP contribution < -0.4 is 26.9 Å². The lowest BCUT2D eigenvalue weighted by molar-refractivity contribution is -0.118. The molecule has 0 spiro atoms. The number of amides is 2. The lowest BCUT2D eigenvalue weighted by Gasteiger charge is -2.28. The Morgan fingerprint density at radius 1 is 1.03 bits per heavy atom. The van der Waals surface area contributed by atoms with Crippen LogP contribution in [-0.4, -0.2) is 33.6 Å². The molecule has 10 heteroatoms. The molecule has 0 atom stereocenters. The van der Waals surface area contributed by atoms with Crippen LogP contribution in [0.5, 0.6) is 0 Å². The first kappa shape index (κ1) is 23.7. The van der Waals surface area contributed by atoms with E-state index in [1.54, 1.807) is 24.3 Å². The third-order valence-electron chi connectivity index (χ3n) is 5.64. The Morgan fingerprint density at radius 3 is 2.34 bits per heavy atom. The van der Waals surface area contributed by atoms with Crippen LogP contribution in [0.15, 0.2) is 75.4 Å². The van der Waals surface area contributed by atoms with E-state index >= 15 is 0 Å². The molecule has 2 heterocycles. The number of aromatic amines is 1. The van der Waals surface area contributed by atoms with Crippen LogP contribution in [0.3, 0.4) is 0 Å². The van der Waals surface area contributed by atoms with E-state index in [9.17, 15) is 19.2 Å². The maximum absolute atomic E-state index is 13.6. The van der Waals surface area contributed by atoms with Gasteiger partial charge in [-0.15, -0.1) is 0 Å². The van der Waals surface area contributed by atoms with Gasteiger partial charge in [0.2, 0.25) is 5.91 Å². The van der Waals surface area contributed by atoms with Gasteiger partial charge in [0.05, 0.1) is 12.2 Å². The normalized spacial score (nSPS) is 13.5. The zero-order chi connectivity index (χ0) is 24.9. The van der Waals surface area contributed by atoms with Crippen molar-refractivity contribution in [2.24, 2.45) is 5.10 Å². The van der Waals surface area contributed by atoms with Crippen molar-refractivity contribution in [1.82, 2.24) is 9.55 Å². The summed E-state index contributed by atoms with van der Waals surface area (Å²) in [6.07, 6.45) is 0.749. The van der Waals surface area contributed by atoms with Crippen molar-refractivity contribution < 1.29 is 9.59 Å². The van der Waals surface area contributed by atoms with Gasteiger partial charge in [-0.25, -0.2) is 9.80 Å². The fraction of sp³-hybridized carbons (Fsp3) is 0.240. The number of anilines is 3. The maximum Gasteiger partial charge on any atom is 0.330 e. The van der Waals surface area contributed by atoms with Crippen LogP contribution >= 0.6 is 0 Å². The number of aromatic nitrogens is 2. The van der Waals surface area contributed by atoms with Crippen LogP contribution in [0.2, 0.25) is 0 Å². The number of benzene rings is 2. The Kier molecular flexibility index (Phi) is 6.91. The Bertz CT molecular complexity index is 1380. The molecule has 35 heavy (non-hydrogen) atoms. The molecule has 4 rings (SSSR count). The fourth-order valence-corrected chi connectivity index (χ4v) is 3.93. The van der Waals surface area contributed by atoms with Gasteiger partial charge in [0.1, 0.15) is 11.5 Å². The second-order valence-corrected chi connectivity index (χ2v) is 8.11. The molecule has 3 aromatic rings. The minimum absolute atomic E-state index is 0.0960. The molecule has 0 saturated carbocycles. The summed E-state index contributed by atoms with van der Waals surface area (Å²) < 4.78 is 1.23. The first-order chi connectivity index (χ1) is 16.9. The highest BCUT2D eigenvalue weighted by Crippen LogP contribution is 2.23. The number of nitrogen functional groups attached to an aromatic ring is 1. The fourth-order valence-electron chi connectivity index (χ4n) is 3.93. The predicted octanol–water partition coefficient (Wildman–Crippen LogP) is 2.09. The van der Waals surface area contributed by atoms with E-state index in [2.05, 4.69) is 10.1 Å². The zero-order valence-electron chi connectivity index (χ0n) is 19.3. The number of nitrogens with zero attached hydrogens (tertiary/aromatic N) is 4. The third-order valence-corrected chi connectivity index (χ3v) is 5.64. The Hall–Kier alpha value is -4.47. The third kappa shape index (κ3) is 4.91. The molecule has 0 saturated heterocycles. The van der Waals surface area contributed by atoms with Gasteiger partial charge in [0, 0.05) is 19.4 Å². The number of rotatable bonds is 7. The monoisotopic (exact) mass is 474 g/mol. The summed E-state index contributed by atoms with van der Waals surface area (Å²) in [4.78, 5) is 55.0. The number of nitrogens with one attached hydrogen (secondary N) is 1. The molecule has 1 aliphatic heterocycles. The summed E-state index contributed by atoms with van der Waals surface area (Å²) in [6, 6.07) is 18.0. The topological polar surface area (TPSA) is 134 Å². The molecule has 1 aliphatic rings. The molecule has 0 aliphatic carbocycles. The summed E-state index contributed by atoms with van der Waals surface area (Å²) >= 11 is 0. The van der Waals surface area contributed by atoms with Gasteiger partial charge in [-0.1, -0.05) is 55.5 Å². The van der Waals surface area contributed by atoms with Crippen LogP contribution in [0.1, 0.15) is 31.7 Å². The zero-order valence-corrected chi connectivity index (χ0v) is 19.3. The summed E-state index contributed by atoms with van der Waals surface area (Å²) in [6.45, 7) is 2.15. The smallest absolute Gasteiger partial charge is 0.330 e. The number of nitrogens with two attached hydrogens (primary N) is 1. The molecule has 180 valence electrons. The molecule has 1 aromatic heterocycles. The molecular formula is C25H26N6O4. The average molecular weight is 475 g/mol. The second-order valence-electron chi connectivity index (χ2n) is 8.11. The summed E-state index contributed by atoms with van der Waals surface area (Å²) in [5, 5.41) is 5.52. The van der Waals surface area contributed by atoms with Gasteiger partial charge >= 0.3 is 5.69 Å². The number of hydrogen-bond donors (Lipinski definition) is 2. The van der Waals surface area contributed by atoms with Crippen LogP contribution in [0.4, 0.5) is 17.2 Å². The second kappa shape index (κ2) is 10.2. The molecule has 0 fully saturated rings. The van der Waals surface area contributed by atoms with Crippen molar-refractivity contribution in [3.63, 3.8) is 0 Å². The Labute approximate surface area is 201 Å². The van der Waals surface area contributed by atoms with Gasteiger partial charge in [-0.05, 0) is 24.1 Å². The summed E-state index contributed by atoms with van der Waals surface area (Å²) in [5.74, 6) is -0.886. The van der Waals surface area contributed by atoms with E-state index in [0.717, 1.165) is 5.56 Å². The number of hydrazone groups is 1. The number of carbonyl (C=O) groups is 2. The maximum atomic E-state index is 13.6. The number of H-pyrrole nitrogens is 1. The van der Waals surface area contributed by atoms with Gasteiger partial charge in [-0.3, -0.25) is 28.8 Å². The summed E-state index contributed by atoms with van der Waals surface area (Å²) in [5.41, 5.74) is 6.25. The molecule has 10 nitrogen and oxygen atoms in total. The van der Waals surface area contributed by atoms with Crippen molar-refractivity contribution in [3.8, 4) is 0 Å². The van der Waals surface area contributed by atoms with E-state index in [-0.39, 0.29) is 49.1 Å². The minimum atomic E-state index is -0.758. The molecule has 3 N–H and O–H groups in total. The predicted molar refractivity (Wildman–Crippen MR) is 135 cm³/mol. The standard InChI is InChI=1S/C25H26N6O4/c1-2-15-29(24(34)19-13-14-20(32)31(28-19)18-11-7-4-8-12-18)21-22(26)30(25(35)27-23(21)33)16-17-9-5-3-6-10-17/h3-12H,2,13-16,26H2,1H3,(H,27,33,35). The van der Waals surface area contributed by atoms with Gasteiger partial charge in [0.25, 0.3) is 11.5 Å².